The summed E-state index contributed by atoms with van der Waals surface area (Å²) in [5.74, 6) is -0.952. The Labute approximate surface area is 138 Å². The fourth-order valence-electron chi connectivity index (χ4n) is 2.53. The van der Waals surface area contributed by atoms with Crippen LogP contribution >= 0.6 is 12.4 Å². The van der Waals surface area contributed by atoms with Gasteiger partial charge in [-0.05, 0) is 23.8 Å². The molecule has 6 heteroatoms. The Balaban J connectivity index is 0.00000192. The van der Waals surface area contributed by atoms with E-state index < -0.39 is 5.97 Å². The van der Waals surface area contributed by atoms with Crippen LogP contribution in [0, 0.1) is 0 Å². The van der Waals surface area contributed by atoms with Crippen molar-refractivity contribution in [2.75, 3.05) is 0 Å². The largest absolute Gasteiger partial charge is 0.481 e. The topological polar surface area (TPSA) is 72.2 Å². The van der Waals surface area contributed by atoms with E-state index >= 15 is 0 Å². The monoisotopic (exact) mass is 330 g/mol. The van der Waals surface area contributed by atoms with Crippen LogP contribution in [0.25, 0.3) is 10.9 Å². The number of fused-ring (bicyclic) bond motifs is 1. The molecule has 0 unspecified atom stereocenters. The number of benzene rings is 1. The molecule has 0 radical (unpaired) electrons. The number of hydrogen-bond acceptors (Lipinski definition) is 3. The molecule has 0 bridgehead atoms. The fraction of sp³-hybridized carbons (Fsp3) is 0.118. The van der Waals surface area contributed by atoms with Gasteiger partial charge in [-0.15, -0.1) is 12.4 Å². The number of carboxylic acid groups (broad SMARTS) is 1. The molecule has 0 fully saturated rings. The Kier molecular flexibility index (Phi) is 5.13. The SMILES string of the molecule is Cl.O=C(O)Cc1cc(=O)n(Cc2ccccn2)c2ccccc12. The van der Waals surface area contributed by atoms with E-state index in [0.29, 0.717) is 12.1 Å². The van der Waals surface area contributed by atoms with Crippen LogP contribution in [0.3, 0.4) is 0 Å². The first-order valence-corrected chi connectivity index (χ1v) is 6.88. The Morgan fingerprint density at radius 2 is 1.87 bits per heavy atom. The Bertz CT molecular complexity index is 891. The first-order chi connectivity index (χ1) is 10.6. The second-order valence-electron chi connectivity index (χ2n) is 5.00. The van der Waals surface area contributed by atoms with Crippen LogP contribution in [-0.4, -0.2) is 20.6 Å². The molecule has 0 aliphatic carbocycles. The molecular formula is C17H15ClN2O3. The maximum absolute atomic E-state index is 12.4. The van der Waals surface area contributed by atoms with Gasteiger partial charge < -0.3 is 9.67 Å². The quantitative estimate of drug-likeness (QED) is 0.797. The van der Waals surface area contributed by atoms with Gasteiger partial charge in [0.2, 0.25) is 0 Å². The summed E-state index contributed by atoms with van der Waals surface area (Å²) < 4.78 is 1.61. The lowest BCUT2D eigenvalue weighted by atomic mass is 10.1. The van der Waals surface area contributed by atoms with Crippen molar-refractivity contribution < 1.29 is 9.90 Å². The molecular weight excluding hydrogens is 316 g/mol. The number of para-hydroxylation sites is 1. The normalized spacial score (nSPS) is 10.3. The summed E-state index contributed by atoms with van der Waals surface area (Å²) in [5.41, 5.74) is 1.81. The molecule has 3 rings (SSSR count). The molecule has 0 spiro atoms. The zero-order valence-electron chi connectivity index (χ0n) is 12.2. The standard InChI is InChI=1S/C17H14N2O3.ClH/c20-16-9-12(10-17(21)22)14-6-1-2-7-15(14)19(16)11-13-5-3-4-8-18-13;/h1-9H,10-11H2,(H,21,22);1H. The first-order valence-electron chi connectivity index (χ1n) is 6.88. The van der Waals surface area contributed by atoms with E-state index in [9.17, 15) is 9.59 Å². The molecule has 1 aromatic carbocycles. The molecule has 23 heavy (non-hydrogen) atoms. The van der Waals surface area contributed by atoms with Crippen molar-refractivity contribution in [3.8, 4) is 0 Å². The highest BCUT2D eigenvalue weighted by Gasteiger charge is 2.11. The molecule has 0 aliphatic rings. The van der Waals surface area contributed by atoms with Crippen LogP contribution in [0.5, 0.6) is 0 Å². The Morgan fingerprint density at radius 1 is 1.13 bits per heavy atom. The van der Waals surface area contributed by atoms with Gasteiger partial charge in [0.05, 0.1) is 24.2 Å². The van der Waals surface area contributed by atoms with Gasteiger partial charge in [0.15, 0.2) is 0 Å². The fourth-order valence-corrected chi connectivity index (χ4v) is 2.53. The molecule has 0 atom stereocenters. The number of carbonyl (C=O) groups is 1. The minimum absolute atomic E-state index is 0. The number of carboxylic acids is 1. The molecule has 0 saturated carbocycles. The van der Waals surface area contributed by atoms with Crippen molar-refractivity contribution >= 4 is 29.3 Å². The van der Waals surface area contributed by atoms with Crippen molar-refractivity contribution in [2.45, 2.75) is 13.0 Å². The number of aromatic nitrogens is 2. The first kappa shape index (κ1) is 16.7. The van der Waals surface area contributed by atoms with Crippen molar-refractivity contribution in [3.63, 3.8) is 0 Å². The van der Waals surface area contributed by atoms with Gasteiger partial charge in [-0.25, -0.2) is 0 Å². The lowest BCUT2D eigenvalue weighted by molar-refractivity contribution is -0.136. The van der Waals surface area contributed by atoms with Crippen molar-refractivity contribution in [2.24, 2.45) is 0 Å². The smallest absolute Gasteiger partial charge is 0.307 e. The number of halogens is 1. The summed E-state index contributed by atoms with van der Waals surface area (Å²) >= 11 is 0. The van der Waals surface area contributed by atoms with Gasteiger partial charge >= 0.3 is 5.97 Å². The third-order valence-corrected chi connectivity index (χ3v) is 3.49. The van der Waals surface area contributed by atoms with Crippen molar-refractivity contribution in [1.29, 1.82) is 0 Å². The number of rotatable bonds is 4. The van der Waals surface area contributed by atoms with Crippen LogP contribution < -0.4 is 5.56 Å². The van der Waals surface area contributed by atoms with Crippen LogP contribution in [0.1, 0.15) is 11.3 Å². The number of aliphatic carboxylic acids is 1. The zero-order valence-corrected chi connectivity index (χ0v) is 13.0. The predicted octanol–water partition coefficient (Wildman–Crippen LogP) is 2.49. The predicted molar refractivity (Wildman–Crippen MR) is 90.1 cm³/mol. The van der Waals surface area contributed by atoms with Crippen molar-refractivity contribution in [3.05, 3.63) is 76.3 Å². The van der Waals surface area contributed by atoms with E-state index in [2.05, 4.69) is 4.98 Å². The maximum Gasteiger partial charge on any atom is 0.307 e. The maximum atomic E-state index is 12.4. The number of hydrogen-bond donors (Lipinski definition) is 1. The van der Waals surface area contributed by atoms with Crippen LogP contribution in [0.4, 0.5) is 0 Å². The highest BCUT2D eigenvalue weighted by Crippen LogP contribution is 2.18. The molecule has 0 aliphatic heterocycles. The van der Waals surface area contributed by atoms with Crippen LogP contribution in [-0.2, 0) is 17.8 Å². The highest BCUT2D eigenvalue weighted by molar-refractivity contribution is 5.86. The summed E-state index contributed by atoms with van der Waals surface area (Å²) in [6, 6.07) is 14.3. The van der Waals surface area contributed by atoms with Gasteiger partial charge in [0, 0.05) is 17.6 Å². The summed E-state index contributed by atoms with van der Waals surface area (Å²) in [4.78, 5) is 27.6. The number of nitrogens with zero attached hydrogens (tertiary/aromatic N) is 2. The van der Waals surface area contributed by atoms with Gasteiger partial charge in [0.1, 0.15) is 0 Å². The average Bonchev–Trinajstić information content (AvgIpc) is 2.52. The molecule has 2 aromatic heterocycles. The van der Waals surface area contributed by atoms with E-state index in [1.165, 1.54) is 6.07 Å². The molecule has 0 saturated heterocycles. The lowest BCUT2D eigenvalue weighted by Gasteiger charge is -2.12. The molecule has 3 aromatic rings. The minimum atomic E-state index is -0.952. The van der Waals surface area contributed by atoms with E-state index in [1.807, 2.05) is 42.5 Å². The minimum Gasteiger partial charge on any atom is -0.481 e. The van der Waals surface area contributed by atoms with Crippen LogP contribution in [0.15, 0.2) is 59.5 Å². The molecule has 118 valence electrons. The average molecular weight is 331 g/mol. The molecule has 2 heterocycles. The molecule has 0 amide bonds. The third kappa shape index (κ3) is 3.57. The summed E-state index contributed by atoms with van der Waals surface area (Å²) in [7, 11) is 0. The molecule has 1 N–H and O–H groups in total. The van der Waals surface area contributed by atoms with E-state index in [1.54, 1.807) is 10.8 Å². The van der Waals surface area contributed by atoms with Gasteiger partial charge in [-0.3, -0.25) is 14.6 Å². The zero-order chi connectivity index (χ0) is 15.5. The third-order valence-electron chi connectivity index (χ3n) is 3.49. The lowest BCUT2D eigenvalue weighted by Crippen LogP contribution is -2.22. The van der Waals surface area contributed by atoms with E-state index in [0.717, 1.165) is 16.6 Å². The van der Waals surface area contributed by atoms with E-state index in [4.69, 9.17) is 5.11 Å². The van der Waals surface area contributed by atoms with Gasteiger partial charge in [0.25, 0.3) is 5.56 Å². The van der Waals surface area contributed by atoms with Crippen LogP contribution in [0.2, 0.25) is 0 Å². The highest BCUT2D eigenvalue weighted by atomic mass is 35.5. The van der Waals surface area contributed by atoms with Gasteiger partial charge in [-0.2, -0.15) is 0 Å². The number of pyridine rings is 2. The molecule has 5 nitrogen and oxygen atoms in total. The second kappa shape index (κ2) is 7.07. The van der Waals surface area contributed by atoms with E-state index in [-0.39, 0.29) is 24.4 Å². The summed E-state index contributed by atoms with van der Waals surface area (Å²) in [5, 5.41) is 9.78. The summed E-state index contributed by atoms with van der Waals surface area (Å²) in [6.45, 7) is 0.355. The Hall–Kier alpha value is -2.66. The second-order valence-corrected chi connectivity index (χ2v) is 5.00. The Morgan fingerprint density at radius 3 is 2.57 bits per heavy atom. The van der Waals surface area contributed by atoms with Crippen molar-refractivity contribution in [1.82, 2.24) is 9.55 Å². The summed E-state index contributed by atoms with van der Waals surface area (Å²) in [6.07, 6.45) is 1.52. The van der Waals surface area contributed by atoms with Gasteiger partial charge in [-0.1, -0.05) is 24.3 Å².